The Bertz CT molecular complexity index is 631. The average Bonchev–Trinajstić information content (AvgIpc) is 2.36. The van der Waals surface area contributed by atoms with Crippen LogP contribution in [0.1, 0.15) is 31.1 Å². The van der Waals surface area contributed by atoms with Crippen molar-refractivity contribution in [3.8, 4) is 0 Å². The number of hydrogen-bond donors (Lipinski definition) is 0. The largest absolute Gasteiger partial charge is 0.386 e. The maximum absolute atomic E-state index is 13.2. The summed E-state index contributed by atoms with van der Waals surface area (Å²) in [6, 6.07) is 2.47. The number of nitro groups is 1. The first-order valence-electron chi connectivity index (χ1n) is 5.94. The summed E-state index contributed by atoms with van der Waals surface area (Å²) in [5.41, 5.74) is -1.68. The molecule has 112 valence electrons. The number of nitro benzene ring substituents is 1. The van der Waals surface area contributed by atoms with Gasteiger partial charge in [-0.15, -0.1) is 0 Å². The molecule has 1 aromatic rings. The van der Waals surface area contributed by atoms with Gasteiger partial charge in [-0.3, -0.25) is 10.1 Å². The number of ether oxygens (including phenoxy) is 1. The van der Waals surface area contributed by atoms with Crippen molar-refractivity contribution in [1.82, 2.24) is 0 Å². The topological polar surface area (TPSA) is 86.5 Å². The Morgan fingerprint density at radius 2 is 1.90 bits per heavy atom. The van der Waals surface area contributed by atoms with Gasteiger partial charge in [0, 0.05) is 11.6 Å². The molecule has 0 radical (unpaired) electrons. The second-order valence-corrected chi connectivity index (χ2v) is 5.33. The highest BCUT2D eigenvalue weighted by Crippen LogP contribution is 2.25. The number of benzene rings is 1. The first kappa shape index (κ1) is 16.5. The molecule has 7 heteroatoms. The van der Waals surface area contributed by atoms with Gasteiger partial charge in [-0.2, -0.15) is 4.39 Å². The highest BCUT2D eigenvalue weighted by atomic mass is 19.1. The average molecular weight is 295 g/mol. The summed E-state index contributed by atoms with van der Waals surface area (Å²) in [6.07, 6.45) is 0. The van der Waals surface area contributed by atoms with Crippen molar-refractivity contribution in [2.24, 2.45) is 5.41 Å². The Morgan fingerprint density at radius 3 is 2.38 bits per heavy atom. The number of halogens is 1. The van der Waals surface area contributed by atoms with Crippen LogP contribution in [-0.2, 0) is 9.53 Å². The molecule has 0 saturated carbocycles. The summed E-state index contributed by atoms with van der Waals surface area (Å²) < 4.78 is 17.7. The maximum Gasteiger partial charge on any atom is 0.346 e. The second-order valence-electron chi connectivity index (χ2n) is 5.33. The van der Waals surface area contributed by atoms with E-state index in [4.69, 9.17) is 0 Å². The fourth-order valence-corrected chi connectivity index (χ4v) is 1.29. The fourth-order valence-electron chi connectivity index (χ4n) is 1.29. The highest BCUT2D eigenvalue weighted by molar-refractivity contribution is 6.02. The summed E-state index contributed by atoms with van der Waals surface area (Å²) in [6.45, 7) is 8.67. The molecule has 6 nitrogen and oxygen atoms in total. The number of carbonyl (C=O) groups is 2. The molecule has 21 heavy (non-hydrogen) atoms. The zero-order valence-corrected chi connectivity index (χ0v) is 11.8. The molecule has 0 fully saturated rings. The number of hydrogen-bond acceptors (Lipinski definition) is 5. The van der Waals surface area contributed by atoms with Gasteiger partial charge in [0.25, 0.3) is 0 Å². The van der Waals surface area contributed by atoms with Crippen LogP contribution in [-0.4, -0.2) is 16.9 Å². The molecule has 0 aromatic heterocycles. The van der Waals surface area contributed by atoms with Crippen LogP contribution in [0.3, 0.4) is 0 Å². The van der Waals surface area contributed by atoms with E-state index in [0.717, 1.165) is 12.1 Å². The van der Waals surface area contributed by atoms with E-state index in [1.54, 1.807) is 20.8 Å². The summed E-state index contributed by atoms with van der Waals surface area (Å²) in [5.74, 6) is -3.12. The van der Waals surface area contributed by atoms with Gasteiger partial charge in [0.2, 0.25) is 5.82 Å². The molecule has 0 spiro atoms. The predicted molar refractivity (Wildman–Crippen MR) is 72.1 cm³/mol. The van der Waals surface area contributed by atoms with Crippen LogP contribution in [0.5, 0.6) is 0 Å². The lowest BCUT2D eigenvalue weighted by atomic mass is 9.88. The van der Waals surface area contributed by atoms with Crippen LogP contribution in [0.15, 0.2) is 30.4 Å². The highest BCUT2D eigenvalue weighted by Gasteiger charge is 2.26. The molecule has 0 atom stereocenters. The van der Waals surface area contributed by atoms with E-state index in [-0.39, 0.29) is 11.1 Å². The van der Waals surface area contributed by atoms with Gasteiger partial charge in [0.1, 0.15) is 0 Å². The monoisotopic (exact) mass is 295 g/mol. The molecule has 0 saturated heterocycles. The quantitative estimate of drug-likeness (QED) is 0.281. The summed E-state index contributed by atoms with van der Waals surface area (Å²) in [7, 11) is 0. The normalized spacial score (nSPS) is 10.9. The van der Waals surface area contributed by atoms with E-state index in [0.29, 0.717) is 6.07 Å². The van der Waals surface area contributed by atoms with Crippen molar-refractivity contribution in [3.63, 3.8) is 0 Å². The lowest BCUT2D eigenvalue weighted by Gasteiger charge is -2.19. The standard InChI is InChI=1S/C14H14FNO5/c1-8(14(2,3)4)12(17)21-13(18)9-5-6-10(15)11(7-9)16(19)20/h5-7H,1H2,2-4H3. The van der Waals surface area contributed by atoms with Crippen molar-refractivity contribution in [2.45, 2.75) is 20.8 Å². The smallest absolute Gasteiger partial charge is 0.346 e. The van der Waals surface area contributed by atoms with Gasteiger partial charge in [0.15, 0.2) is 0 Å². The third-order valence-corrected chi connectivity index (χ3v) is 2.72. The van der Waals surface area contributed by atoms with Crippen LogP contribution in [0.4, 0.5) is 10.1 Å². The first-order chi connectivity index (χ1) is 9.54. The fraction of sp³-hybridized carbons (Fsp3) is 0.286. The minimum Gasteiger partial charge on any atom is -0.386 e. The molecule has 0 bridgehead atoms. The SMILES string of the molecule is C=C(C(=O)OC(=O)c1ccc(F)c([N+](=O)[O-])c1)C(C)(C)C. The molecular formula is C14H14FNO5. The lowest BCUT2D eigenvalue weighted by Crippen LogP contribution is -2.22. The minimum atomic E-state index is -1.10. The maximum atomic E-state index is 13.2. The lowest BCUT2D eigenvalue weighted by molar-refractivity contribution is -0.387. The molecule has 0 aliphatic carbocycles. The van der Waals surface area contributed by atoms with Gasteiger partial charge in [-0.05, 0) is 17.5 Å². The third-order valence-electron chi connectivity index (χ3n) is 2.72. The van der Waals surface area contributed by atoms with E-state index < -0.39 is 33.8 Å². The van der Waals surface area contributed by atoms with Crippen LogP contribution < -0.4 is 0 Å². The predicted octanol–water partition coefficient (Wildman–Crippen LogP) is 3.02. The zero-order chi connectivity index (χ0) is 16.4. The Kier molecular flexibility index (Phi) is 4.57. The molecule has 0 unspecified atom stereocenters. The zero-order valence-electron chi connectivity index (χ0n) is 11.8. The van der Waals surface area contributed by atoms with Crippen molar-refractivity contribution >= 4 is 17.6 Å². The Labute approximate surface area is 120 Å². The molecule has 0 heterocycles. The molecule has 0 aliphatic heterocycles. The van der Waals surface area contributed by atoms with Crippen molar-refractivity contribution in [3.05, 3.63) is 51.8 Å². The summed E-state index contributed by atoms with van der Waals surface area (Å²) in [5, 5.41) is 10.6. The van der Waals surface area contributed by atoms with Crippen LogP contribution in [0.25, 0.3) is 0 Å². The van der Waals surface area contributed by atoms with E-state index in [1.807, 2.05) is 0 Å². The Balaban J connectivity index is 2.96. The molecule has 1 rings (SSSR count). The van der Waals surface area contributed by atoms with Gasteiger partial charge in [-0.25, -0.2) is 9.59 Å². The number of nitrogens with zero attached hydrogens (tertiary/aromatic N) is 1. The van der Waals surface area contributed by atoms with Crippen molar-refractivity contribution in [2.75, 3.05) is 0 Å². The summed E-state index contributed by atoms with van der Waals surface area (Å²) >= 11 is 0. The van der Waals surface area contributed by atoms with Gasteiger partial charge in [-0.1, -0.05) is 27.4 Å². The molecule has 1 aromatic carbocycles. The number of carbonyl (C=O) groups excluding carboxylic acids is 2. The van der Waals surface area contributed by atoms with Gasteiger partial charge >= 0.3 is 17.6 Å². The van der Waals surface area contributed by atoms with Gasteiger partial charge in [0.05, 0.1) is 10.5 Å². The molecule has 0 aliphatic rings. The molecule has 0 amide bonds. The second kappa shape index (κ2) is 5.82. The van der Waals surface area contributed by atoms with E-state index >= 15 is 0 Å². The van der Waals surface area contributed by atoms with Crippen LogP contribution >= 0.6 is 0 Å². The van der Waals surface area contributed by atoms with E-state index in [2.05, 4.69) is 11.3 Å². The van der Waals surface area contributed by atoms with E-state index in [9.17, 15) is 24.1 Å². The molecular weight excluding hydrogens is 281 g/mol. The first-order valence-corrected chi connectivity index (χ1v) is 5.94. The van der Waals surface area contributed by atoms with Gasteiger partial charge < -0.3 is 4.74 Å². The van der Waals surface area contributed by atoms with Crippen molar-refractivity contribution in [1.29, 1.82) is 0 Å². The van der Waals surface area contributed by atoms with Crippen LogP contribution in [0, 0.1) is 21.3 Å². The van der Waals surface area contributed by atoms with Crippen molar-refractivity contribution < 1.29 is 23.6 Å². The van der Waals surface area contributed by atoms with E-state index in [1.165, 1.54) is 0 Å². The Morgan fingerprint density at radius 1 is 1.33 bits per heavy atom. The Hall–Kier alpha value is -2.57. The number of esters is 2. The third kappa shape index (κ3) is 3.95. The minimum absolute atomic E-state index is 0.0764. The number of rotatable bonds is 3. The van der Waals surface area contributed by atoms with Crippen LogP contribution in [0.2, 0.25) is 0 Å². The summed E-state index contributed by atoms with van der Waals surface area (Å²) in [4.78, 5) is 33.1. The molecule has 0 N–H and O–H groups in total.